The molecular formula is C23H40IN3O3. The van der Waals surface area contributed by atoms with Gasteiger partial charge in [-0.25, -0.2) is 0 Å². The van der Waals surface area contributed by atoms with E-state index in [1.807, 2.05) is 12.1 Å². The van der Waals surface area contributed by atoms with Crippen LogP contribution in [-0.2, 0) is 11.2 Å². The molecule has 1 aliphatic carbocycles. The van der Waals surface area contributed by atoms with Crippen LogP contribution in [-0.4, -0.2) is 53.0 Å². The third-order valence-corrected chi connectivity index (χ3v) is 5.40. The molecule has 1 aliphatic rings. The molecule has 6 nitrogen and oxygen atoms in total. The summed E-state index contributed by atoms with van der Waals surface area (Å²) >= 11 is 0. The molecule has 1 saturated carbocycles. The Hall–Kier alpha value is -1.22. The third-order valence-electron chi connectivity index (χ3n) is 5.40. The third kappa shape index (κ3) is 10.2. The van der Waals surface area contributed by atoms with Crippen molar-refractivity contribution in [2.45, 2.75) is 63.9 Å². The van der Waals surface area contributed by atoms with Crippen LogP contribution >= 0.6 is 24.0 Å². The lowest BCUT2D eigenvalue weighted by atomic mass is 10.1. The Kier molecular flexibility index (Phi) is 14.7. The average Bonchev–Trinajstić information content (AvgIpc) is 3.03. The second kappa shape index (κ2) is 16.5. The number of nitrogens with zero attached hydrogens (tertiary/aromatic N) is 1. The van der Waals surface area contributed by atoms with Gasteiger partial charge < -0.3 is 24.8 Å². The molecule has 0 aromatic heterocycles. The minimum absolute atomic E-state index is 0. The summed E-state index contributed by atoms with van der Waals surface area (Å²) in [5.41, 5.74) is 1.20. The minimum Gasteiger partial charge on any atom is -0.493 e. The fourth-order valence-electron chi connectivity index (χ4n) is 3.67. The molecule has 1 fully saturated rings. The van der Waals surface area contributed by atoms with Crippen molar-refractivity contribution in [2.75, 3.05) is 41.0 Å². The molecule has 2 rings (SSSR count). The summed E-state index contributed by atoms with van der Waals surface area (Å²) in [4.78, 5) is 4.30. The van der Waals surface area contributed by atoms with Crippen molar-refractivity contribution in [3.8, 4) is 11.5 Å². The van der Waals surface area contributed by atoms with Crippen LogP contribution < -0.4 is 20.1 Å². The van der Waals surface area contributed by atoms with Crippen molar-refractivity contribution in [3.05, 3.63) is 23.8 Å². The lowest BCUT2D eigenvalue weighted by Crippen LogP contribution is -2.38. The summed E-state index contributed by atoms with van der Waals surface area (Å²) < 4.78 is 16.7. The van der Waals surface area contributed by atoms with Gasteiger partial charge in [-0.15, -0.1) is 24.0 Å². The van der Waals surface area contributed by atoms with Crippen LogP contribution in [0, 0.1) is 0 Å². The minimum atomic E-state index is 0. The number of unbranched alkanes of at least 4 members (excludes halogenated alkanes) is 1. The molecule has 172 valence electrons. The van der Waals surface area contributed by atoms with E-state index in [4.69, 9.17) is 14.2 Å². The van der Waals surface area contributed by atoms with Crippen LogP contribution in [0.4, 0.5) is 0 Å². The Morgan fingerprint density at radius 1 is 0.967 bits per heavy atom. The molecule has 30 heavy (non-hydrogen) atoms. The van der Waals surface area contributed by atoms with Crippen molar-refractivity contribution in [3.63, 3.8) is 0 Å². The summed E-state index contributed by atoms with van der Waals surface area (Å²) in [5.74, 6) is 2.36. The first kappa shape index (κ1) is 26.8. The van der Waals surface area contributed by atoms with Gasteiger partial charge in [0.15, 0.2) is 17.5 Å². The van der Waals surface area contributed by atoms with E-state index >= 15 is 0 Å². The van der Waals surface area contributed by atoms with E-state index in [0.717, 1.165) is 56.4 Å². The fraction of sp³-hybridized carbons (Fsp3) is 0.696. The zero-order valence-corrected chi connectivity index (χ0v) is 21.2. The first-order chi connectivity index (χ1) is 14.3. The van der Waals surface area contributed by atoms with Crippen LogP contribution in [0.2, 0.25) is 0 Å². The van der Waals surface area contributed by atoms with Crippen LogP contribution in [0.1, 0.15) is 56.9 Å². The second-order valence-electron chi connectivity index (χ2n) is 7.56. The highest BCUT2D eigenvalue weighted by Gasteiger charge is 2.11. The monoisotopic (exact) mass is 533 g/mol. The number of benzene rings is 1. The van der Waals surface area contributed by atoms with Gasteiger partial charge in [-0.1, -0.05) is 31.7 Å². The number of hydrogen-bond acceptors (Lipinski definition) is 4. The maximum Gasteiger partial charge on any atom is 0.190 e. The van der Waals surface area contributed by atoms with Gasteiger partial charge in [0.2, 0.25) is 0 Å². The maximum atomic E-state index is 6.05. The standard InChI is InChI=1S/C23H39N3O3.HI/c1-24-23(25-15-8-9-17-29-20-10-6-4-5-7-11-20)26-16-14-19-12-13-21(27-2)22(18-19)28-3;/h12-13,18,20H,4-11,14-17H2,1-3H3,(H2,24,25,26);1H. The van der Waals surface area contributed by atoms with Crippen LogP contribution in [0.25, 0.3) is 0 Å². The van der Waals surface area contributed by atoms with Gasteiger partial charge in [0.05, 0.1) is 20.3 Å². The first-order valence-electron chi connectivity index (χ1n) is 11.0. The Balaban J connectivity index is 0.00000450. The van der Waals surface area contributed by atoms with Gasteiger partial charge in [0.25, 0.3) is 0 Å². The van der Waals surface area contributed by atoms with E-state index in [9.17, 15) is 0 Å². The van der Waals surface area contributed by atoms with Crippen molar-refractivity contribution in [1.82, 2.24) is 10.6 Å². The number of rotatable bonds is 11. The van der Waals surface area contributed by atoms with Crippen LogP contribution in [0.5, 0.6) is 11.5 Å². The van der Waals surface area contributed by atoms with Gasteiger partial charge in [-0.3, -0.25) is 4.99 Å². The summed E-state index contributed by atoms with van der Waals surface area (Å²) in [6.45, 7) is 2.59. The lowest BCUT2D eigenvalue weighted by Gasteiger charge is -2.15. The van der Waals surface area contributed by atoms with Crippen molar-refractivity contribution >= 4 is 29.9 Å². The Morgan fingerprint density at radius 2 is 1.67 bits per heavy atom. The van der Waals surface area contributed by atoms with Gasteiger partial charge in [0, 0.05) is 26.7 Å². The Labute approximate surface area is 199 Å². The summed E-state index contributed by atoms with van der Waals surface area (Å²) in [6, 6.07) is 6.02. The Morgan fingerprint density at radius 3 is 2.33 bits per heavy atom. The first-order valence-corrected chi connectivity index (χ1v) is 11.0. The van der Waals surface area contributed by atoms with Gasteiger partial charge in [-0.2, -0.15) is 0 Å². The van der Waals surface area contributed by atoms with Crippen LogP contribution in [0.15, 0.2) is 23.2 Å². The van der Waals surface area contributed by atoms with Crippen molar-refractivity contribution < 1.29 is 14.2 Å². The number of nitrogens with one attached hydrogen (secondary N) is 2. The molecule has 1 aromatic carbocycles. The highest BCUT2D eigenvalue weighted by atomic mass is 127. The highest BCUT2D eigenvalue weighted by molar-refractivity contribution is 14.0. The molecule has 0 spiro atoms. The molecule has 0 radical (unpaired) electrons. The molecule has 0 saturated heterocycles. The van der Waals surface area contributed by atoms with E-state index in [2.05, 4.69) is 21.7 Å². The Bertz CT molecular complexity index is 605. The topological polar surface area (TPSA) is 64.1 Å². The largest absolute Gasteiger partial charge is 0.493 e. The average molecular weight is 533 g/mol. The SMILES string of the molecule is CN=C(NCCCCOC1CCCCCC1)NCCc1ccc(OC)c(OC)c1.I. The van der Waals surface area contributed by atoms with Gasteiger partial charge in [0.1, 0.15) is 0 Å². The quantitative estimate of drug-likeness (QED) is 0.144. The van der Waals surface area contributed by atoms with Gasteiger partial charge >= 0.3 is 0 Å². The molecule has 0 atom stereocenters. The van der Waals surface area contributed by atoms with E-state index < -0.39 is 0 Å². The predicted octanol–water partition coefficient (Wildman–Crippen LogP) is 4.55. The molecule has 2 N–H and O–H groups in total. The molecule has 1 aromatic rings. The van der Waals surface area contributed by atoms with E-state index in [1.165, 1.54) is 44.1 Å². The summed E-state index contributed by atoms with van der Waals surface area (Å²) in [6.07, 6.45) is 11.5. The lowest BCUT2D eigenvalue weighted by molar-refractivity contribution is 0.0411. The van der Waals surface area contributed by atoms with Crippen LogP contribution in [0.3, 0.4) is 0 Å². The maximum absolute atomic E-state index is 6.05. The summed E-state index contributed by atoms with van der Waals surface area (Å²) in [5, 5.41) is 6.75. The number of methoxy groups -OCH3 is 2. The fourth-order valence-corrected chi connectivity index (χ4v) is 3.67. The number of aliphatic imine (C=N–C) groups is 1. The van der Waals surface area contributed by atoms with E-state index in [-0.39, 0.29) is 24.0 Å². The zero-order valence-electron chi connectivity index (χ0n) is 18.9. The van der Waals surface area contributed by atoms with Gasteiger partial charge in [-0.05, 0) is 49.8 Å². The number of guanidine groups is 1. The smallest absolute Gasteiger partial charge is 0.190 e. The van der Waals surface area contributed by atoms with Crippen molar-refractivity contribution in [2.24, 2.45) is 4.99 Å². The second-order valence-corrected chi connectivity index (χ2v) is 7.56. The number of halogens is 1. The van der Waals surface area contributed by atoms with E-state index in [0.29, 0.717) is 6.10 Å². The highest BCUT2D eigenvalue weighted by Crippen LogP contribution is 2.27. The van der Waals surface area contributed by atoms with Crippen molar-refractivity contribution in [1.29, 1.82) is 0 Å². The molecule has 0 aliphatic heterocycles. The predicted molar refractivity (Wildman–Crippen MR) is 135 cm³/mol. The molecule has 7 heteroatoms. The zero-order chi connectivity index (χ0) is 20.7. The molecule has 0 unspecified atom stereocenters. The normalized spacial score (nSPS) is 15.1. The molecule has 0 heterocycles. The number of ether oxygens (including phenoxy) is 3. The molecule has 0 amide bonds. The summed E-state index contributed by atoms with van der Waals surface area (Å²) in [7, 11) is 5.12. The van der Waals surface area contributed by atoms with E-state index in [1.54, 1.807) is 21.3 Å². The number of hydrogen-bond donors (Lipinski definition) is 2. The molecule has 0 bridgehead atoms. The molecular weight excluding hydrogens is 493 g/mol.